The average Bonchev–Trinajstić information content (AvgIpc) is 2.66. The summed E-state index contributed by atoms with van der Waals surface area (Å²) in [6.07, 6.45) is 14.9. The van der Waals surface area contributed by atoms with Gasteiger partial charge < -0.3 is 9.64 Å². The molecule has 0 amide bonds. The van der Waals surface area contributed by atoms with E-state index in [-0.39, 0.29) is 5.57 Å². The summed E-state index contributed by atoms with van der Waals surface area (Å²) in [6, 6.07) is 3.90. The van der Waals surface area contributed by atoms with E-state index in [0.717, 1.165) is 19.5 Å². The maximum atomic E-state index is 9.12. The fourth-order valence-corrected chi connectivity index (χ4v) is 4.34. The molecule has 4 rings (SSSR count). The van der Waals surface area contributed by atoms with Crippen LogP contribution < -0.4 is 0 Å². The van der Waals surface area contributed by atoms with Gasteiger partial charge in [-0.2, -0.15) is 10.5 Å². The maximum absolute atomic E-state index is 9.12. The van der Waals surface area contributed by atoms with Crippen molar-refractivity contribution < 1.29 is 4.74 Å². The number of rotatable bonds is 2. The van der Waals surface area contributed by atoms with Crippen LogP contribution in [0.3, 0.4) is 0 Å². The van der Waals surface area contributed by atoms with Gasteiger partial charge in [-0.05, 0) is 68.1 Å². The second-order valence-electron chi connectivity index (χ2n) is 7.13. The topological polar surface area (TPSA) is 60.0 Å². The van der Waals surface area contributed by atoms with E-state index >= 15 is 0 Å². The largest absolute Gasteiger partial charge is 0.462 e. The van der Waals surface area contributed by atoms with Crippen LogP contribution in [0.5, 0.6) is 0 Å². The molecule has 4 nitrogen and oxygen atoms in total. The molecule has 2 bridgehead atoms. The van der Waals surface area contributed by atoms with E-state index in [1.807, 2.05) is 25.1 Å². The van der Waals surface area contributed by atoms with Crippen LogP contribution in [0.15, 0.2) is 69.9 Å². The summed E-state index contributed by atoms with van der Waals surface area (Å²) >= 11 is 0. The lowest BCUT2D eigenvalue weighted by molar-refractivity contribution is 0.227. The summed E-state index contributed by atoms with van der Waals surface area (Å²) in [5, 5.41) is 18.2. The highest BCUT2D eigenvalue weighted by Crippen LogP contribution is 2.43. The Morgan fingerprint density at radius 2 is 2.08 bits per heavy atom. The van der Waals surface area contributed by atoms with E-state index in [4.69, 9.17) is 15.3 Å². The van der Waals surface area contributed by atoms with E-state index < -0.39 is 0 Å². The molecule has 1 fully saturated rings. The number of piperidine rings is 1. The molecule has 26 heavy (non-hydrogen) atoms. The average molecular weight is 343 g/mol. The van der Waals surface area contributed by atoms with Gasteiger partial charge in [-0.25, -0.2) is 0 Å². The highest BCUT2D eigenvalue weighted by atomic mass is 16.5. The normalized spacial score (nSPS) is 24.3. The lowest BCUT2D eigenvalue weighted by Crippen LogP contribution is -2.39. The molecule has 1 saturated heterocycles. The zero-order chi connectivity index (χ0) is 18.1. The van der Waals surface area contributed by atoms with Gasteiger partial charge in [-0.15, -0.1) is 0 Å². The second-order valence-corrected chi connectivity index (χ2v) is 7.13. The van der Waals surface area contributed by atoms with Crippen molar-refractivity contribution in [2.45, 2.75) is 32.6 Å². The minimum absolute atomic E-state index is 0.110. The van der Waals surface area contributed by atoms with Gasteiger partial charge in [0.1, 0.15) is 29.2 Å². The van der Waals surface area contributed by atoms with Crippen LogP contribution in [0.1, 0.15) is 32.6 Å². The first-order valence-corrected chi connectivity index (χ1v) is 9.18. The molecule has 3 heterocycles. The number of nitrogens with zero attached hydrogens (tertiary/aromatic N) is 3. The van der Waals surface area contributed by atoms with Crippen molar-refractivity contribution in [3.8, 4) is 12.1 Å². The van der Waals surface area contributed by atoms with Crippen molar-refractivity contribution in [1.82, 2.24) is 4.90 Å². The molecule has 0 aromatic rings. The molecule has 3 aliphatic heterocycles. The first-order chi connectivity index (χ1) is 12.7. The summed E-state index contributed by atoms with van der Waals surface area (Å²) in [5.41, 5.74) is 5.01. The molecule has 0 aromatic carbocycles. The zero-order valence-electron chi connectivity index (χ0n) is 15.0. The summed E-state index contributed by atoms with van der Waals surface area (Å²) in [4.78, 5) is 2.56. The lowest BCUT2D eigenvalue weighted by atomic mass is 9.78. The van der Waals surface area contributed by atoms with Crippen LogP contribution in [0.2, 0.25) is 0 Å². The Morgan fingerprint density at radius 3 is 2.88 bits per heavy atom. The number of nitriles is 2. The highest BCUT2D eigenvalue weighted by Gasteiger charge is 2.33. The summed E-state index contributed by atoms with van der Waals surface area (Å²) < 4.78 is 5.79. The number of fused-ring (bicyclic) bond motifs is 1. The summed E-state index contributed by atoms with van der Waals surface area (Å²) in [6.45, 7) is 4.14. The molecule has 1 atom stereocenters. The Hall–Kier alpha value is -2.98. The third-order valence-electron chi connectivity index (χ3n) is 5.49. The molecule has 0 saturated carbocycles. The van der Waals surface area contributed by atoms with Crippen LogP contribution in [0, 0.1) is 28.6 Å². The third-order valence-corrected chi connectivity index (χ3v) is 5.49. The van der Waals surface area contributed by atoms with E-state index in [0.29, 0.717) is 23.0 Å². The zero-order valence-corrected chi connectivity index (χ0v) is 15.0. The fraction of sp³-hybridized carbons (Fsp3) is 0.364. The first kappa shape index (κ1) is 16.5. The van der Waals surface area contributed by atoms with Crippen molar-refractivity contribution >= 4 is 0 Å². The Kier molecular flexibility index (Phi) is 4.27. The molecule has 4 heteroatoms. The number of allylic oxidation sites excluding steroid dienone is 10. The monoisotopic (exact) mass is 343 g/mol. The van der Waals surface area contributed by atoms with Crippen molar-refractivity contribution in [1.29, 1.82) is 10.5 Å². The van der Waals surface area contributed by atoms with Crippen LogP contribution in [0.25, 0.3) is 0 Å². The molecule has 0 radical (unpaired) electrons. The van der Waals surface area contributed by atoms with Crippen LogP contribution >= 0.6 is 0 Å². The third kappa shape index (κ3) is 2.89. The van der Waals surface area contributed by atoms with Crippen LogP contribution in [-0.2, 0) is 4.74 Å². The molecule has 0 spiro atoms. The second kappa shape index (κ2) is 6.73. The highest BCUT2D eigenvalue weighted by molar-refractivity contribution is 5.54. The van der Waals surface area contributed by atoms with E-state index in [9.17, 15) is 0 Å². The van der Waals surface area contributed by atoms with Crippen molar-refractivity contribution in [2.24, 2.45) is 5.92 Å². The predicted molar refractivity (Wildman–Crippen MR) is 99.0 cm³/mol. The summed E-state index contributed by atoms with van der Waals surface area (Å²) in [7, 11) is 0. The van der Waals surface area contributed by atoms with Crippen molar-refractivity contribution in [3.63, 3.8) is 0 Å². The van der Waals surface area contributed by atoms with E-state index in [1.165, 1.54) is 36.1 Å². The Balaban J connectivity index is 1.68. The number of ether oxygens (including phenoxy) is 1. The Morgan fingerprint density at radius 1 is 1.23 bits per heavy atom. The van der Waals surface area contributed by atoms with Gasteiger partial charge in [0.05, 0.1) is 0 Å². The van der Waals surface area contributed by atoms with Gasteiger partial charge in [0.15, 0.2) is 0 Å². The number of hydrogen-bond acceptors (Lipinski definition) is 4. The standard InChI is InChI=1S/C22H21N3O/c1-15-11-18(19(13-23)14-24)12-20(26-15)6-7-21-16-4-5-17-3-2-9-25(10-8-16)22(17)21/h4,6-7,11-12,17H,2-3,5,8-10H2,1H3. The van der Waals surface area contributed by atoms with Gasteiger partial charge in [-0.1, -0.05) is 6.08 Å². The van der Waals surface area contributed by atoms with Crippen LogP contribution in [-0.4, -0.2) is 18.0 Å². The Labute approximate surface area is 154 Å². The van der Waals surface area contributed by atoms with Gasteiger partial charge >= 0.3 is 0 Å². The van der Waals surface area contributed by atoms with Crippen LogP contribution in [0.4, 0.5) is 0 Å². The lowest BCUT2D eigenvalue weighted by Gasteiger charge is -2.44. The maximum Gasteiger partial charge on any atom is 0.137 e. The molecule has 130 valence electrons. The molecular weight excluding hydrogens is 322 g/mol. The smallest absolute Gasteiger partial charge is 0.137 e. The minimum atomic E-state index is 0.110. The number of hydrogen-bond donors (Lipinski definition) is 0. The Bertz CT molecular complexity index is 896. The summed E-state index contributed by atoms with van der Waals surface area (Å²) in [5.74, 6) is 2.00. The van der Waals surface area contributed by atoms with Gasteiger partial charge in [-0.3, -0.25) is 0 Å². The quantitative estimate of drug-likeness (QED) is 0.697. The first-order valence-electron chi connectivity index (χ1n) is 9.18. The van der Waals surface area contributed by atoms with Gasteiger partial charge in [0.2, 0.25) is 0 Å². The molecule has 1 unspecified atom stereocenters. The fourth-order valence-electron chi connectivity index (χ4n) is 4.34. The SMILES string of the molecule is CC1=CC(=C(C#N)C#N)C=C(C=CC2=C3C4CC=C2CCN3CCC4)O1. The van der Waals surface area contributed by atoms with Crippen molar-refractivity contribution in [3.05, 3.63) is 69.9 Å². The van der Waals surface area contributed by atoms with E-state index in [2.05, 4.69) is 17.1 Å². The molecule has 4 aliphatic rings. The predicted octanol–water partition coefficient (Wildman–Crippen LogP) is 4.40. The van der Waals surface area contributed by atoms with E-state index in [1.54, 1.807) is 12.2 Å². The molecule has 0 aromatic heterocycles. The van der Waals surface area contributed by atoms with Crippen molar-refractivity contribution in [2.75, 3.05) is 13.1 Å². The minimum Gasteiger partial charge on any atom is -0.462 e. The molecule has 1 aliphatic carbocycles. The van der Waals surface area contributed by atoms with Gasteiger partial charge in [0.25, 0.3) is 0 Å². The molecular formula is C22H21N3O. The molecule has 0 N–H and O–H groups in total. The van der Waals surface area contributed by atoms with Gasteiger partial charge in [0, 0.05) is 30.3 Å².